The molecule has 0 radical (unpaired) electrons. The molecular weight excluding hydrogens is 238 g/mol. The van der Waals surface area contributed by atoms with Crippen molar-refractivity contribution < 1.29 is 9.90 Å². The second-order valence-corrected chi connectivity index (χ2v) is 5.90. The first-order valence-electron chi connectivity index (χ1n) is 6.86. The highest BCUT2D eigenvalue weighted by molar-refractivity contribution is 5.76. The van der Waals surface area contributed by atoms with Crippen molar-refractivity contribution in [1.29, 1.82) is 0 Å². The van der Waals surface area contributed by atoms with Gasteiger partial charge in [0.2, 0.25) is 5.91 Å². The fraction of sp³-hybridized carbons (Fsp3) is 0.562. The molecule has 0 unspecified atom stereocenters. The fourth-order valence-electron chi connectivity index (χ4n) is 1.94. The lowest BCUT2D eigenvalue weighted by molar-refractivity contribution is -0.121. The topological polar surface area (TPSA) is 49.3 Å². The normalized spacial score (nSPS) is 11.4. The maximum atomic E-state index is 11.8. The van der Waals surface area contributed by atoms with Gasteiger partial charge in [0.15, 0.2) is 0 Å². The van der Waals surface area contributed by atoms with E-state index in [4.69, 9.17) is 5.11 Å². The molecule has 0 aromatic heterocycles. The second kappa shape index (κ2) is 7.29. The van der Waals surface area contributed by atoms with Gasteiger partial charge >= 0.3 is 0 Å². The van der Waals surface area contributed by atoms with Crippen LogP contribution in [0.3, 0.4) is 0 Å². The van der Waals surface area contributed by atoms with Gasteiger partial charge in [0, 0.05) is 19.6 Å². The predicted octanol–water partition coefficient (Wildman–Crippen LogP) is 2.45. The van der Waals surface area contributed by atoms with E-state index in [0.717, 1.165) is 6.42 Å². The van der Waals surface area contributed by atoms with Crippen LogP contribution < -0.4 is 5.32 Å². The number of hydrogen-bond acceptors (Lipinski definition) is 2. The molecule has 0 aliphatic carbocycles. The first kappa shape index (κ1) is 15.7. The monoisotopic (exact) mass is 263 g/mol. The van der Waals surface area contributed by atoms with Gasteiger partial charge in [-0.3, -0.25) is 4.79 Å². The fourth-order valence-corrected chi connectivity index (χ4v) is 1.94. The quantitative estimate of drug-likeness (QED) is 0.794. The van der Waals surface area contributed by atoms with Crippen LogP contribution in [0.2, 0.25) is 0 Å². The maximum Gasteiger partial charge on any atom is 0.220 e. The molecule has 1 amide bonds. The minimum absolute atomic E-state index is 0.0479. The van der Waals surface area contributed by atoms with Gasteiger partial charge in [0.05, 0.1) is 0 Å². The van der Waals surface area contributed by atoms with Gasteiger partial charge in [0.25, 0.3) is 0 Å². The van der Waals surface area contributed by atoms with Crippen LogP contribution in [-0.4, -0.2) is 24.2 Å². The van der Waals surface area contributed by atoms with E-state index in [1.54, 1.807) is 0 Å². The predicted molar refractivity (Wildman–Crippen MR) is 78.0 cm³/mol. The third kappa shape index (κ3) is 6.39. The lowest BCUT2D eigenvalue weighted by Gasteiger charge is -2.23. The van der Waals surface area contributed by atoms with Crippen molar-refractivity contribution in [2.45, 2.75) is 40.0 Å². The van der Waals surface area contributed by atoms with Crippen LogP contribution in [0.1, 0.15) is 37.8 Å². The van der Waals surface area contributed by atoms with E-state index >= 15 is 0 Å². The smallest absolute Gasteiger partial charge is 0.220 e. The summed E-state index contributed by atoms with van der Waals surface area (Å²) in [5, 5.41) is 11.9. The standard InChI is InChI=1S/C16H25NO2/c1-13-5-4-6-14(11-13)7-8-15(19)17-12-16(2,3)9-10-18/h4-6,11,18H,7-10,12H2,1-3H3,(H,17,19). The maximum absolute atomic E-state index is 11.8. The number of aryl methyl sites for hydroxylation is 2. The zero-order chi connectivity index (χ0) is 14.3. The lowest BCUT2D eigenvalue weighted by Crippen LogP contribution is -2.34. The Morgan fingerprint density at radius 3 is 2.74 bits per heavy atom. The van der Waals surface area contributed by atoms with Crippen LogP contribution in [0.15, 0.2) is 24.3 Å². The van der Waals surface area contributed by atoms with Crippen molar-refractivity contribution in [3.8, 4) is 0 Å². The summed E-state index contributed by atoms with van der Waals surface area (Å²) in [5.41, 5.74) is 2.38. The van der Waals surface area contributed by atoms with Gasteiger partial charge in [0.1, 0.15) is 0 Å². The van der Waals surface area contributed by atoms with Crippen molar-refractivity contribution in [2.75, 3.05) is 13.2 Å². The van der Waals surface area contributed by atoms with Crippen molar-refractivity contribution in [1.82, 2.24) is 5.32 Å². The summed E-state index contributed by atoms with van der Waals surface area (Å²) in [6.45, 7) is 6.92. The molecule has 0 aliphatic heterocycles. The van der Waals surface area contributed by atoms with E-state index in [-0.39, 0.29) is 17.9 Å². The van der Waals surface area contributed by atoms with Crippen LogP contribution in [0, 0.1) is 12.3 Å². The molecule has 0 heterocycles. The number of aliphatic hydroxyl groups is 1. The molecule has 0 fully saturated rings. The van der Waals surface area contributed by atoms with E-state index in [0.29, 0.717) is 19.4 Å². The summed E-state index contributed by atoms with van der Waals surface area (Å²) >= 11 is 0. The van der Waals surface area contributed by atoms with Gasteiger partial charge in [-0.05, 0) is 30.7 Å². The number of carbonyl (C=O) groups excluding carboxylic acids is 1. The second-order valence-electron chi connectivity index (χ2n) is 5.90. The highest BCUT2D eigenvalue weighted by Crippen LogP contribution is 2.18. The Labute approximate surface area is 116 Å². The molecular formula is C16H25NO2. The number of benzene rings is 1. The summed E-state index contributed by atoms with van der Waals surface area (Å²) in [7, 11) is 0. The van der Waals surface area contributed by atoms with Crippen molar-refractivity contribution in [3.63, 3.8) is 0 Å². The molecule has 1 rings (SSSR count). The zero-order valence-electron chi connectivity index (χ0n) is 12.2. The van der Waals surface area contributed by atoms with E-state index < -0.39 is 0 Å². The Morgan fingerprint density at radius 2 is 2.11 bits per heavy atom. The Bertz CT molecular complexity index is 413. The van der Waals surface area contributed by atoms with Gasteiger partial charge in [-0.25, -0.2) is 0 Å². The molecule has 0 bridgehead atoms. The Kier molecular flexibility index (Phi) is 6.03. The zero-order valence-corrected chi connectivity index (χ0v) is 12.2. The number of nitrogens with one attached hydrogen (secondary N) is 1. The molecule has 1 aromatic carbocycles. The largest absolute Gasteiger partial charge is 0.396 e. The molecule has 0 saturated heterocycles. The van der Waals surface area contributed by atoms with Crippen LogP contribution in [0.5, 0.6) is 0 Å². The summed E-state index contributed by atoms with van der Waals surface area (Å²) < 4.78 is 0. The van der Waals surface area contributed by atoms with Crippen molar-refractivity contribution >= 4 is 5.91 Å². The van der Waals surface area contributed by atoms with Gasteiger partial charge in [-0.2, -0.15) is 0 Å². The van der Waals surface area contributed by atoms with E-state index in [9.17, 15) is 4.79 Å². The third-order valence-corrected chi connectivity index (χ3v) is 3.28. The number of amides is 1. The number of carbonyl (C=O) groups is 1. The number of aliphatic hydroxyl groups excluding tert-OH is 1. The van der Waals surface area contributed by atoms with Crippen LogP contribution in [-0.2, 0) is 11.2 Å². The van der Waals surface area contributed by atoms with Gasteiger partial charge in [-0.1, -0.05) is 43.7 Å². The number of rotatable bonds is 7. The molecule has 0 atom stereocenters. The molecule has 19 heavy (non-hydrogen) atoms. The molecule has 0 aliphatic rings. The average molecular weight is 263 g/mol. The van der Waals surface area contributed by atoms with Crippen LogP contribution >= 0.6 is 0 Å². The van der Waals surface area contributed by atoms with Crippen LogP contribution in [0.25, 0.3) is 0 Å². The first-order chi connectivity index (χ1) is 8.93. The van der Waals surface area contributed by atoms with Crippen LogP contribution in [0.4, 0.5) is 0 Å². The Balaban J connectivity index is 2.32. The summed E-state index contributed by atoms with van der Waals surface area (Å²) in [4.78, 5) is 11.8. The molecule has 2 N–H and O–H groups in total. The Morgan fingerprint density at radius 1 is 1.37 bits per heavy atom. The minimum atomic E-state index is -0.0479. The van der Waals surface area contributed by atoms with Gasteiger partial charge < -0.3 is 10.4 Å². The van der Waals surface area contributed by atoms with Gasteiger partial charge in [-0.15, -0.1) is 0 Å². The van der Waals surface area contributed by atoms with E-state index in [2.05, 4.69) is 30.4 Å². The third-order valence-electron chi connectivity index (χ3n) is 3.28. The lowest BCUT2D eigenvalue weighted by atomic mass is 9.90. The van der Waals surface area contributed by atoms with E-state index in [1.807, 2.05) is 19.9 Å². The molecule has 0 saturated carbocycles. The van der Waals surface area contributed by atoms with E-state index in [1.165, 1.54) is 11.1 Å². The first-order valence-corrected chi connectivity index (χ1v) is 6.86. The highest BCUT2D eigenvalue weighted by Gasteiger charge is 2.17. The Hall–Kier alpha value is -1.35. The molecule has 1 aromatic rings. The molecule has 3 heteroatoms. The summed E-state index contributed by atoms with van der Waals surface area (Å²) in [6.07, 6.45) is 1.98. The molecule has 106 valence electrons. The number of hydrogen-bond donors (Lipinski definition) is 2. The van der Waals surface area contributed by atoms with Crippen molar-refractivity contribution in [2.24, 2.45) is 5.41 Å². The van der Waals surface area contributed by atoms with Crippen molar-refractivity contribution in [3.05, 3.63) is 35.4 Å². The average Bonchev–Trinajstić information content (AvgIpc) is 2.34. The minimum Gasteiger partial charge on any atom is -0.396 e. The molecule has 3 nitrogen and oxygen atoms in total. The summed E-state index contributed by atoms with van der Waals surface area (Å²) in [5.74, 6) is 0.0764. The SMILES string of the molecule is Cc1cccc(CCC(=O)NCC(C)(C)CCO)c1. The molecule has 0 spiro atoms. The highest BCUT2D eigenvalue weighted by atomic mass is 16.3. The summed E-state index contributed by atoms with van der Waals surface area (Å²) in [6, 6.07) is 8.24.